The smallest absolute Gasteiger partial charge is 0.347 e. The maximum absolute atomic E-state index is 15.1. The molecule has 1 aromatic heterocycles. The van der Waals surface area contributed by atoms with Crippen molar-refractivity contribution in [1.29, 1.82) is 0 Å². The van der Waals surface area contributed by atoms with E-state index in [1.807, 2.05) is 67.6 Å². The molecule has 4 unspecified atom stereocenters. The highest BCUT2D eigenvalue weighted by Gasteiger charge is 2.69. The molecule has 1 aliphatic carbocycles. The zero-order chi connectivity index (χ0) is 31.9. The monoisotopic (exact) mass is 617 g/mol. The fourth-order valence-corrected chi connectivity index (χ4v) is 7.93. The van der Waals surface area contributed by atoms with E-state index in [1.54, 1.807) is 24.5 Å². The minimum Gasteiger partial charge on any atom is -0.508 e. The number of phenolic OH excluding ortho intramolecular Hbond substituents is 1. The van der Waals surface area contributed by atoms with Gasteiger partial charge in [0.15, 0.2) is 0 Å². The van der Waals surface area contributed by atoms with Crippen molar-refractivity contribution in [3.05, 3.63) is 134 Å². The number of fused-ring (bicyclic) bond motifs is 5. The maximum Gasteiger partial charge on any atom is 0.347 e. The maximum atomic E-state index is 15.1. The van der Waals surface area contributed by atoms with Crippen LogP contribution in [-0.4, -0.2) is 35.9 Å². The molecule has 0 bridgehead atoms. The molecule has 1 saturated heterocycles. The molecule has 11 heteroatoms. The topological polar surface area (TPSA) is 128 Å². The van der Waals surface area contributed by atoms with E-state index in [4.69, 9.17) is 4.74 Å². The summed E-state index contributed by atoms with van der Waals surface area (Å²) in [5, 5.41) is 11.4. The van der Waals surface area contributed by atoms with E-state index in [1.165, 1.54) is 16.4 Å². The first-order valence-electron chi connectivity index (χ1n) is 15.2. The number of hydrogen-bond donors (Lipinski definition) is 2. The van der Waals surface area contributed by atoms with Crippen molar-refractivity contribution >= 4 is 17.5 Å². The highest BCUT2D eigenvalue weighted by molar-refractivity contribution is 6.12. The number of aryl methyl sites for hydroxylation is 1. The van der Waals surface area contributed by atoms with Crippen molar-refractivity contribution in [3.8, 4) is 11.5 Å². The summed E-state index contributed by atoms with van der Waals surface area (Å²) < 4.78 is 10.0. The molecule has 1 saturated carbocycles. The number of rotatable bonds is 4. The molecule has 8 rings (SSSR count). The summed E-state index contributed by atoms with van der Waals surface area (Å²) in [6.07, 6.45) is 4.02. The van der Waals surface area contributed by atoms with Crippen LogP contribution in [0.3, 0.4) is 0 Å². The van der Waals surface area contributed by atoms with Gasteiger partial charge in [-0.25, -0.2) is 23.5 Å². The van der Waals surface area contributed by atoms with Crippen LogP contribution in [0.1, 0.15) is 29.2 Å². The van der Waals surface area contributed by atoms with E-state index in [9.17, 15) is 19.5 Å². The number of hydrazine groups is 1. The molecule has 4 aliphatic rings. The Morgan fingerprint density at radius 1 is 0.957 bits per heavy atom. The summed E-state index contributed by atoms with van der Waals surface area (Å²) in [6.45, 7) is 2.09. The first-order chi connectivity index (χ1) is 22.2. The number of allylic oxidation sites excluding steroid dienone is 3. The van der Waals surface area contributed by atoms with Crippen LogP contribution in [0.5, 0.6) is 11.5 Å². The largest absolute Gasteiger partial charge is 0.508 e. The van der Waals surface area contributed by atoms with E-state index in [-0.39, 0.29) is 18.7 Å². The number of carbonyl (C=O) groups is 2. The second-order valence-electron chi connectivity index (χ2n) is 12.5. The average molecular weight is 618 g/mol. The average Bonchev–Trinajstić information content (AvgIpc) is 3.42. The molecular formula is C35H31N5O6. The molecule has 3 aliphatic heterocycles. The lowest BCUT2D eigenvalue weighted by molar-refractivity contribution is -0.138. The van der Waals surface area contributed by atoms with Crippen LogP contribution in [0.4, 0.5) is 5.69 Å². The Morgan fingerprint density at radius 2 is 1.72 bits per heavy atom. The Hall–Kier alpha value is -5.58. The third-order valence-corrected chi connectivity index (χ3v) is 9.99. The van der Waals surface area contributed by atoms with Gasteiger partial charge in [0.1, 0.15) is 11.5 Å². The quantitative estimate of drug-likeness (QED) is 0.266. The Kier molecular flexibility index (Phi) is 6.05. The normalized spacial score (nSPS) is 24.7. The van der Waals surface area contributed by atoms with E-state index in [2.05, 4.69) is 5.43 Å². The summed E-state index contributed by atoms with van der Waals surface area (Å²) in [5.41, 5.74) is 5.27. The zero-order valence-corrected chi connectivity index (χ0v) is 25.2. The van der Waals surface area contributed by atoms with Crippen molar-refractivity contribution in [1.82, 2.24) is 18.9 Å². The first-order valence-corrected chi connectivity index (χ1v) is 15.2. The summed E-state index contributed by atoms with van der Waals surface area (Å²) in [6, 6.07) is 21.0. The summed E-state index contributed by atoms with van der Waals surface area (Å²) in [4.78, 5) is 56.3. The molecule has 2 N–H and O–H groups in total. The van der Waals surface area contributed by atoms with Gasteiger partial charge in [-0.3, -0.25) is 15.0 Å². The number of ether oxygens (including phenoxy) is 1. The third kappa shape index (κ3) is 3.77. The van der Waals surface area contributed by atoms with Crippen LogP contribution in [0.15, 0.2) is 106 Å². The number of phenols is 1. The standard InChI is InChI=1S/C35H31N5O6/c1-20-8-10-24(11-9-20)36-39-31(42)27-18-28-26(14-15-38-33(44)37(2)34(45)40(28)38)30(35(27,32(39)43)23-6-4-3-5-7-23)22-16-21-17-25(41)12-13-29(21)46-19-22/h3-14,17,19,27-28,30,36,41H,15-16,18H2,1-2H3. The lowest BCUT2D eigenvalue weighted by Gasteiger charge is -2.49. The fourth-order valence-electron chi connectivity index (χ4n) is 7.93. The molecule has 11 nitrogen and oxygen atoms in total. The highest BCUT2D eigenvalue weighted by Crippen LogP contribution is 2.61. The number of nitrogens with one attached hydrogen (secondary N) is 1. The number of nitrogens with zero attached hydrogens (tertiary/aromatic N) is 4. The van der Waals surface area contributed by atoms with Crippen LogP contribution in [0.25, 0.3) is 0 Å². The molecule has 4 aromatic rings. The predicted octanol–water partition coefficient (Wildman–Crippen LogP) is 3.33. The number of aromatic nitrogens is 3. The molecule has 0 radical (unpaired) electrons. The van der Waals surface area contributed by atoms with Crippen LogP contribution < -0.4 is 21.5 Å². The Bertz CT molecular complexity index is 2120. The van der Waals surface area contributed by atoms with Gasteiger partial charge in [-0.15, -0.1) is 0 Å². The second kappa shape index (κ2) is 9.96. The minimum atomic E-state index is -1.40. The first kappa shape index (κ1) is 27.9. The lowest BCUT2D eigenvalue weighted by Crippen LogP contribution is -2.55. The Labute approximate surface area is 263 Å². The van der Waals surface area contributed by atoms with Gasteiger partial charge in [0, 0.05) is 24.9 Å². The summed E-state index contributed by atoms with van der Waals surface area (Å²) in [5.74, 6) is -1.78. The number of anilines is 1. The van der Waals surface area contributed by atoms with Gasteiger partial charge in [-0.2, -0.15) is 5.01 Å². The molecule has 232 valence electrons. The molecule has 3 aromatic carbocycles. The van der Waals surface area contributed by atoms with Gasteiger partial charge < -0.3 is 9.84 Å². The van der Waals surface area contributed by atoms with Crippen molar-refractivity contribution in [3.63, 3.8) is 0 Å². The van der Waals surface area contributed by atoms with E-state index < -0.39 is 46.5 Å². The number of amides is 2. The molecule has 2 fully saturated rings. The van der Waals surface area contributed by atoms with Gasteiger partial charge in [0.25, 0.3) is 11.8 Å². The van der Waals surface area contributed by atoms with Gasteiger partial charge in [0.05, 0.1) is 35.9 Å². The summed E-state index contributed by atoms with van der Waals surface area (Å²) >= 11 is 0. The van der Waals surface area contributed by atoms with Crippen molar-refractivity contribution in [2.75, 3.05) is 5.43 Å². The van der Waals surface area contributed by atoms with Gasteiger partial charge in [-0.05, 0) is 60.4 Å². The zero-order valence-electron chi connectivity index (χ0n) is 25.2. The molecule has 46 heavy (non-hydrogen) atoms. The lowest BCUT2D eigenvalue weighted by atomic mass is 9.52. The number of aromatic hydroxyl groups is 1. The van der Waals surface area contributed by atoms with Crippen molar-refractivity contribution < 1.29 is 19.4 Å². The summed E-state index contributed by atoms with van der Waals surface area (Å²) in [7, 11) is 1.44. The Balaban J connectivity index is 1.36. The fraction of sp³-hybridized carbons (Fsp3) is 0.257. The van der Waals surface area contributed by atoms with Crippen LogP contribution in [0.2, 0.25) is 0 Å². The van der Waals surface area contributed by atoms with Crippen molar-refractivity contribution in [2.45, 2.75) is 37.8 Å². The number of carbonyl (C=O) groups excluding carboxylic acids is 2. The number of hydrogen-bond acceptors (Lipinski definition) is 7. The Morgan fingerprint density at radius 3 is 2.48 bits per heavy atom. The molecule has 0 spiro atoms. The predicted molar refractivity (Wildman–Crippen MR) is 168 cm³/mol. The van der Waals surface area contributed by atoms with Gasteiger partial charge >= 0.3 is 11.4 Å². The molecular weight excluding hydrogens is 586 g/mol. The van der Waals surface area contributed by atoms with E-state index in [0.29, 0.717) is 23.4 Å². The highest BCUT2D eigenvalue weighted by atomic mass is 16.5. The van der Waals surface area contributed by atoms with Crippen LogP contribution in [-0.2, 0) is 35.0 Å². The van der Waals surface area contributed by atoms with Gasteiger partial charge in [0.2, 0.25) is 0 Å². The molecule has 2 amide bonds. The third-order valence-electron chi connectivity index (χ3n) is 9.99. The SMILES string of the molecule is Cc1ccc(NN2C(=O)C3CC4C(=CCn5c(=O)n(C)c(=O)n54)C(C4=COc5ccc(O)cc5C4)C3(c3ccccc3)C2=O)cc1. The number of benzene rings is 3. The van der Waals surface area contributed by atoms with Gasteiger partial charge in [-0.1, -0.05) is 54.1 Å². The van der Waals surface area contributed by atoms with Crippen molar-refractivity contribution in [2.24, 2.45) is 18.9 Å². The minimum absolute atomic E-state index is 0.0816. The van der Waals surface area contributed by atoms with Crippen LogP contribution in [0, 0.1) is 18.8 Å². The number of imide groups is 1. The van der Waals surface area contributed by atoms with Crippen LogP contribution >= 0.6 is 0 Å². The molecule has 4 heterocycles. The molecule has 4 atom stereocenters. The second-order valence-corrected chi connectivity index (χ2v) is 12.5. The van der Waals surface area contributed by atoms with E-state index >= 15 is 4.79 Å². The van der Waals surface area contributed by atoms with E-state index in [0.717, 1.165) is 31.8 Å².